The first-order chi connectivity index (χ1) is 13.0. The topological polar surface area (TPSA) is 77.0 Å². The Morgan fingerprint density at radius 1 is 1.04 bits per heavy atom. The number of hydrogen-bond acceptors (Lipinski definition) is 3. The molecule has 0 spiro atoms. The van der Waals surface area contributed by atoms with Crippen LogP contribution >= 0.6 is 0 Å². The number of benzene rings is 1. The maximum absolute atomic E-state index is 12.3. The van der Waals surface area contributed by atoms with E-state index in [9.17, 15) is 9.59 Å². The molecule has 2 N–H and O–H groups in total. The van der Waals surface area contributed by atoms with Crippen LogP contribution in [0.25, 0.3) is 0 Å². The van der Waals surface area contributed by atoms with Gasteiger partial charge in [-0.15, -0.1) is 0 Å². The van der Waals surface area contributed by atoms with Crippen molar-refractivity contribution < 1.29 is 9.59 Å². The standard InChI is InChI=1S/C20H33N5O2/c1-5-21-20(24(4)16-18(26)25(6-2)7-3)23-15-11-14-22-19(27)17-12-9-8-10-13-17/h8-10,12-13H,5-7,11,14-16H2,1-4H3,(H,21,23)(H,22,27). The molecule has 7 heteroatoms. The lowest BCUT2D eigenvalue weighted by atomic mass is 10.2. The van der Waals surface area contributed by atoms with Crippen molar-refractivity contribution in [2.45, 2.75) is 27.2 Å². The van der Waals surface area contributed by atoms with Crippen molar-refractivity contribution in [3.63, 3.8) is 0 Å². The van der Waals surface area contributed by atoms with E-state index < -0.39 is 0 Å². The monoisotopic (exact) mass is 375 g/mol. The molecule has 2 amide bonds. The largest absolute Gasteiger partial charge is 0.357 e. The molecule has 0 aromatic heterocycles. The van der Waals surface area contributed by atoms with E-state index in [4.69, 9.17) is 0 Å². The van der Waals surface area contributed by atoms with E-state index in [1.54, 1.807) is 17.0 Å². The second-order valence-corrected chi connectivity index (χ2v) is 6.13. The van der Waals surface area contributed by atoms with Gasteiger partial charge in [-0.1, -0.05) is 18.2 Å². The van der Waals surface area contributed by atoms with Crippen LogP contribution in [0.5, 0.6) is 0 Å². The minimum absolute atomic E-state index is 0.0755. The molecule has 0 fully saturated rings. The highest BCUT2D eigenvalue weighted by Gasteiger charge is 2.14. The normalized spacial score (nSPS) is 11.0. The fourth-order valence-corrected chi connectivity index (χ4v) is 2.58. The smallest absolute Gasteiger partial charge is 0.251 e. The summed E-state index contributed by atoms with van der Waals surface area (Å²) in [4.78, 5) is 32.5. The van der Waals surface area contributed by atoms with Gasteiger partial charge in [0.25, 0.3) is 5.91 Å². The van der Waals surface area contributed by atoms with Crippen molar-refractivity contribution >= 4 is 17.8 Å². The third-order valence-corrected chi connectivity index (χ3v) is 4.10. The Balaban J connectivity index is 2.46. The molecule has 0 unspecified atom stereocenters. The summed E-state index contributed by atoms with van der Waals surface area (Å²) in [6, 6.07) is 9.15. The maximum atomic E-state index is 12.3. The van der Waals surface area contributed by atoms with Crippen molar-refractivity contribution in [1.82, 2.24) is 20.4 Å². The molecule has 27 heavy (non-hydrogen) atoms. The molecule has 1 aromatic rings. The van der Waals surface area contributed by atoms with E-state index in [0.29, 0.717) is 37.7 Å². The number of amides is 2. The zero-order valence-corrected chi connectivity index (χ0v) is 17.0. The first kappa shape index (κ1) is 22.5. The van der Waals surface area contributed by atoms with Gasteiger partial charge >= 0.3 is 0 Å². The van der Waals surface area contributed by atoms with Crippen LogP contribution in [-0.2, 0) is 4.79 Å². The molecule has 1 aromatic carbocycles. The molecule has 0 aliphatic heterocycles. The highest BCUT2D eigenvalue weighted by molar-refractivity contribution is 5.94. The van der Waals surface area contributed by atoms with Crippen LogP contribution in [0.1, 0.15) is 37.6 Å². The molecule has 1 rings (SSSR count). The lowest BCUT2D eigenvalue weighted by Crippen LogP contribution is -2.45. The van der Waals surface area contributed by atoms with Gasteiger partial charge in [0.15, 0.2) is 5.96 Å². The second kappa shape index (κ2) is 12.7. The van der Waals surface area contributed by atoms with Gasteiger partial charge in [-0.2, -0.15) is 0 Å². The van der Waals surface area contributed by atoms with E-state index in [1.165, 1.54) is 0 Å². The van der Waals surface area contributed by atoms with Crippen LogP contribution in [0.4, 0.5) is 0 Å². The van der Waals surface area contributed by atoms with Gasteiger partial charge < -0.3 is 20.4 Å². The van der Waals surface area contributed by atoms with Gasteiger partial charge in [0, 0.05) is 45.3 Å². The first-order valence-corrected chi connectivity index (χ1v) is 9.63. The van der Waals surface area contributed by atoms with Gasteiger partial charge in [-0.05, 0) is 39.3 Å². The van der Waals surface area contributed by atoms with Gasteiger partial charge in [-0.25, -0.2) is 0 Å². The third-order valence-electron chi connectivity index (χ3n) is 4.10. The summed E-state index contributed by atoms with van der Waals surface area (Å²) in [5.41, 5.74) is 0.656. The number of rotatable bonds is 10. The number of hydrogen-bond donors (Lipinski definition) is 2. The predicted octanol–water partition coefficient (Wildman–Crippen LogP) is 1.57. The third kappa shape index (κ3) is 8.11. The quantitative estimate of drug-likeness (QED) is 0.370. The molecular formula is C20H33N5O2. The van der Waals surface area contributed by atoms with E-state index in [1.807, 2.05) is 50.9 Å². The Kier molecular flexibility index (Phi) is 10.6. The summed E-state index contributed by atoms with van der Waals surface area (Å²) in [5, 5.41) is 6.10. The van der Waals surface area contributed by atoms with Crippen LogP contribution in [0, 0.1) is 0 Å². The number of nitrogens with zero attached hydrogens (tertiary/aromatic N) is 3. The van der Waals surface area contributed by atoms with Crippen LogP contribution in [0.15, 0.2) is 35.3 Å². The Labute approximate surface area is 162 Å². The predicted molar refractivity (Wildman–Crippen MR) is 110 cm³/mol. The van der Waals surface area contributed by atoms with Crippen molar-refractivity contribution in [3.8, 4) is 0 Å². The molecule has 0 saturated carbocycles. The lowest BCUT2D eigenvalue weighted by molar-refractivity contribution is -0.131. The molecule has 7 nitrogen and oxygen atoms in total. The number of likely N-dealkylation sites (N-methyl/N-ethyl adjacent to an activating group) is 2. The molecule has 0 heterocycles. The minimum Gasteiger partial charge on any atom is -0.357 e. The van der Waals surface area contributed by atoms with Gasteiger partial charge in [0.05, 0.1) is 6.54 Å². The van der Waals surface area contributed by atoms with E-state index >= 15 is 0 Å². The number of guanidine groups is 1. The molecular weight excluding hydrogens is 342 g/mol. The Morgan fingerprint density at radius 2 is 1.70 bits per heavy atom. The number of nitrogens with one attached hydrogen (secondary N) is 2. The molecule has 0 radical (unpaired) electrons. The van der Waals surface area contributed by atoms with Crippen molar-refractivity contribution in [3.05, 3.63) is 35.9 Å². The second-order valence-electron chi connectivity index (χ2n) is 6.13. The summed E-state index contributed by atoms with van der Waals surface area (Å²) in [6.45, 7) is 9.51. The van der Waals surface area contributed by atoms with Gasteiger partial charge in [-0.3, -0.25) is 14.6 Å². The van der Waals surface area contributed by atoms with Crippen LogP contribution in [0.3, 0.4) is 0 Å². The molecule has 0 aliphatic carbocycles. The SMILES string of the molecule is CCNC(=NCCCNC(=O)c1ccccc1)N(C)CC(=O)N(CC)CC. The summed E-state index contributed by atoms with van der Waals surface area (Å²) in [5.74, 6) is 0.712. The molecule has 0 saturated heterocycles. The fourth-order valence-electron chi connectivity index (χ4n) is 2.58. The van der Waals surface area contributed by atoms with E-state index in [2.05, 4.69) is 15.6 Å². The number of aliphatic imine (C=N–C) groups is 1. The van der Waals surface area contributed by atoms with E-state index in [-0.39, 0.29) is 18.4 Å². The van der Waals surface area contributed by atoms with Crippen molar-refractivity contribution in [2.75, 3.05) is 46.3 Å². The number of carbonyl (C=O) groups is 2. The Bertz CT molecular complexity index is 600. The molecule has 150 valence electrons. The fraction of sp³-hybridized carbons (Fsp3) is 0.550. The molecule has 0 atom stereocenters. The van der Waals surface area contributed by atoms with Crippen LogP contribution < -0.4 is 10.6 Å². The lowest BCUT2D eigenvalue weighted by Gasteiger charge is -2.25. The molecule has 0 aliphatic rings. The van der Waals surface area contributed by atoms with Gasteiger partial charge in [0.1, 0.15) is 0 Å². The first-order valence-electron chi connectivity index (χ1n) is 9.63. The summed E-state index contributed by atoms with van der Waals surface area (Å²) in [7, 11) is 1.86. The Hall–Kier alpha value is -2.57. The van der Waals surface area contributed by atoms with Crippen LogP contribution in [0.2, 0.25) is 0 Å². The zero-order chi connectivity index (χ0) is 20.1. The van der Waals surface area contributed by atoms with E-state index in [0.717, 1.165) is 13.0 Å². The average molecular weight is 376 g/mol. The summed E-state index contributed by atoms with van der Waals surface area (Å²) in [6.07, 6.45) is 0.727. The maximum Gasteiger partial charge on any atom is 0.251 e. The Morgan fingerprint density at radius 3 is 2.30 bits per heavy atom. The number of carbonyl (C=O) groups excluding carboxylic acids is 2. The molecule has 0 bridgehead atoms. The summed E-state index contributed by atoms with van der Waals surface area (Å²) >= 11 is 0. The highest BCUT2D eigenvalue weighted by atomic mass is 16.2. The van der Waals surface area contributed by atoms with Gasteiger partial charge in [0.2, 0.25) is 5.91 Å². The van der Waals surface area contributed by atoms with Crippen molar-refractivity contribution in [1.29, 1.82) is 0 Å². The van der Waals surface area contributed by atoms with Crippen LogP contribution in [-0.4, -0.2) is 73.9 Å². The average Bonchev–Trinajstić information content (AvgIpc) is 2.68. The minimum atomic E-state index is -0.0755. The zero-order valence-electron chi connectivity index (χ0n) is 17.0. The summed E-state index contributed by atoms with van der Waals surface area (Å²) < 4.78 is 0. The van der Waals surface area contributed by atoms with Crippen molar-refractivity contribution in [2.24, 2.45) is 4.99 Å². The highest BCUT2D eigenvalue weighted by Crippen LogP contribution is 1.98.